The zero-order chi connectivity index (χ0) is 11.6. The van der Waals surface area contributed by atoms with Crippen molar-refractivity contribution in [1.29, 1.82) is 0 Å². The summed E-state index contributed by atoms with van der Waals surface area (Å²) in [6.45, 7) is 3.85. The average molecular weight is 214 g/mol. The van der Waals surface area contributed by atoms with Crippen molar-refractivity contribution in [3.63, 3.8) is 0 Å². The molecule has 1 heterocycles. The van der Waals surface area contributed by atoms with Crippen LogP contribution < -0.4 is 5.73 Å². The van der Waals surface area contributed by atoms with Crippen LogP contribution in [-0.4, -0.2) is 34.6 Å². The topological polar surface area (TPSA) is 83.6 Å². The maximum Gasteiger partial charge on any atom is 0.315 e. The Kier molecular flexibility index (Phi) is 3.21. The van der Waals surface area contributed by atoms with Gasteiger partial charge in [-0.1, -0.05) is 0 Å². The third-order valence-electron chi connectivity index (χ3n) is 3.17. The molecular weight excluding hydrogens is 196 g/mol. The molecule has 1 aliphatic rings. The van der Waals surface area contributed by atoms with Crippen molar-refractivity contribution in [2.75, 3.05) is 6.54 Å². The lowest BCUT2D eigenvalue weighted by molar-refractivity contribution is -0.151. The van der Waals surface area contributed by atoms with Gasteiger partial charge in [-0.15, -0.1) is 0 Å². The second-order valence-corrected chi connectivity index (χ2v) is 4.57. The molecule has 1 fully saturated rings. The standard InChI is InChI=1S/C10H18N2O3/c1-10(2,8(13)14)7-5-3-4-6-12(7)9(11)15/h7H,3-6H2,1-2H3,(H2,11,15)(H,13,14). The molecule has 3 N–H and O–H groups in total. The number of carboxylic acids is 1. The van der Waals surface area contributed by atoms with Gasteiger partial charge in [0.1, 0.15) is 0 Å². The number of primary amides is 1. The zero-order valence-electron chi connectivity index (χ0n) is 9.19. The number of carboxylic acid groups (broad SMARTS) is 1. The van der Waals surface area contributed by atoms with Crippen LogP contribution in [0.5, 0.6) is 0 Å². The minimum Gasteiger partial charge on any atom is -0.481 e. The average Bonchev–Trinajstić information content (AvgIpc) is 2.17. The number of carbonyl (C=O) groups excluding carboxylic acids is 1. The van der Waals surface area contributed by atoms with E-state index in [1.807, 2.05) is 0 Å². The van der Waals surface area contributed by atoms with Gasteiger partial charge in [0.25, 0.3) is 0 Å². The fourth-order valence-electron chi connectivity index (χ4n) is 2.09. The first-order chi connectivity index (χ1) is 6.87. The Labute approximate surface area is 89.2 Å². The molecule has 0 spiro atoms. The molecule has 86 valence electrons. The third kappa shape index (κ3) is 2.22. The number of hydrogen-bond acceptors (Lipinski definition) is 2. The van der Waals surface area contributed by atoms with Gasteiger partial charge in [-0.2, -0.15) is 0 Å². The van der Waals surface area contributed by atoms with Crippen LogP contribution in [0.3, 0.4) is 0 Å². The number of likely N-dealkylation sites (tertiary alicyclic amines) is 1. The van der Waals surface area contributed by atoms with Gasteiger partial charge in [-0.25, -0.2) is 4.79 Å². The number of nitrogens with two attached hydrogens (primary N) is 1. The lowest BCUT2D eigenvalue weighted by Crippen LogP contribution is -2.55. The normalized spacial score (nSPS) is 22.5. The molecule has 5 nitrogen and oxygen atoms in total. The summed E-state index contributed by atoms with van der Waals surface area (Å²) in [5.41, 5.74) is 4.31. The number of aliphatic carboxylic acids is 1. The Morgan fingerprint density at radius 1 is 1.40 bits per heavy atom. The summed E-state index contributed by atoms with van der Waals surface area (Å²) in [5.74, 6) is -0.888. The molecule has 5 heteroatoms. The van der Waals surface area contributed by atoms with Gasteiger partial charge < -0.3 is 15.7 Å². The fraction of sp³-hybridized carbons (Fsp3) is 0.800. The molecular formula is C10H18N2O3. The van der Waals surface area contributed by atoms with E-state index in [0.717, 1.165) is 12.8 Å². The molecule has 1 aliphatic heterocycles. The van der Waals surface area contributed by atoms with Crippen LogP contribution in [-0.2, 0) is 4.79 Å². The Balaban J connectivity index is 2.89. The first-order valence-electron chi connectivity index (χ1n) is 5.17. The number of urea groups is 1. The van der Waals surface area contributed by atoms with Crippen LogP contribution in [0.15, 0.2) is 0 Å². The summed E-state index contributed by atoms with van der Waals surface area (Å²) in [6, 6.07) is -0.810. The Morgan fingerprint density at radius 2 is 2.00 bits per heavy atom. The van der Waals surface area contributed by atoms with Crippen molar-refractivity contribution in [2.24, 2.45) is 11.1 Å². The number of carbonyl (C=O) groups is 2. The maximum atomic E-state index is 11.2. The minimum absolute atomic E-state index is 0.291. The number of amides is 2. The first kappa shape index (κ1) is 11.8. The molecule has 0 aliphatic carbocycles. The lowest BCUT2D eigenvalue weighted by Gasteiger charge is -2.41. The van der Waals surface area contributed by atoms with Crippen LogP contribution in [0, 0.1) is 5.41 Å². The molecule has 1 rings (SSSR count). The monoisotopic (exact) mass is 214 g/mol. The third-order valence-corrected chi connectivity index (χ3v) is 3.17. The molecule has 0 radical (unpaired) electrons. The van der Waals surface area contributed by atoms with Crippen LogP contribution in [0.1, 0.15) is 33.1 Å². The highest BCUT2D eigenvalue weighted by molar-refractivity contribution is 5.77. The van der Waals surface area contributed by atoms with Crippen LogP contribution in [0.4, 0.5) is 4.79 Å². The van der Waals surface area contributed by atoms with Crippen LogP contribution >= 0.6 is 0 Å². The zero-order valence-corrected chi connectivity index (χ0v) is 9.19. The Morgan fingerprint density at radius 3 is 2.47 bits per heavy atom. The molecule has 0 bridgehead atoms. The number of rotatable bonds is 2. The largest absolute Gasteiger partial charge is 0.481 e. The van der Waals surface area contributed by atoms with Gasteiger partial charge in [0.2, 0.25) is 0 Å². The number of piperidine rings is 1. The molecule has 0 aromatic heterocycles. The highest BCUT2D eigenvalue weighted by atomic mass is 16.4. The van der Waals surface area contributed by atoms with Gasteiger partial charge in [0.15, 0.2) is 0 Å². The summed E-state index contributed by atoms with van der Waals surface area (Å²) in [6.07, 6.45) is 2.56. The predicted octanol–water partition coefficient (Wildman–Crippen LogP) is 1.03. The van der Waals surface area contributed by atoms with Crippen LogP contribution in [0.25, 0.3) is 0 Å². The molecule has 0 aromatic rings. The molecule has 1 atom stereocenters. The lowest BCUT2D eigenvalue weighted by atomic mass is 9.79. The van der Waals surface area contributed by atoms with E-state index in [-0.39, 0.29) is 6.04 Å². The van der Waals surface area contributed by atoms with E-state index >= 15 is 0 Å². The highest BCUT2D eigenvalue weighted by Gasteiger charge is 2.42. The minimum atomic E-state index is -0.935. The highest BCUT2D eigenvalue weighted by Crippen LogP contribution is 2.32. The van der Waals surface area contributed by atoms with Crippen molar-refractivity contribution >= 4 is 12.0 Å². The van der Waals surface area contributed by atoms with E-state index < -0.39 is 17.4 Å². The van der Waals surface area contributed by atoms with Gasteiger partial charge >= 0.3 is 12.0 Å². The molecule has 2 amide bonds. The summed E-state index contributed by atoms with van der Waals surface area (Å²) in [7, 11) is 0. The van der Waals surface area contributed by atoms with Gasteiger partial charge in [0, 0.05) is 12.6 Å². The van der Waals surface area contributed by atoms with E-state index in [1.165, 1.54) is 4.90 Å². The van der Waals surface area contributed by atoms with Gasteiger partial charge in [-0.3, -0.25) is 4.79 Å². The number of hydrogen-bond donors (Lipinski definition) is 2. The number of nitrogens with zero attached hydrogens (tertiary/aromatic N) is 1. The molecule has 1 unspecified atom stereocenters. The van der Waals surface area contributed by atoms with Crippen LogP contribution in [0.2, 0.25) is 0 Å². The van der Waals surface area contributed by atoms with Gasteiger partial charge in [-0.05, 0) is 33.1 Å². The molecule has 15 heavy (non-hydrogen) atoms. The predicted molar refractivity (Wildman–Crippen MR) is 55.3 cm³/mol. The van der Waals surface area contributed by atoms with Crippen molar-refractivity contribution in [3.8, 4) is 0 Å². The van der Waals surface area contributed by atoms with Gasteiger partial charge in [0.05, 0.1) is 5.41 Å². The Bertz CT molecular complexity index is 276. The van der Waals surface area contributed by atoms with Crippen molar-refractivity contribution < 1.29 is 14.7 Å². The summed E-state index contributed by atoms with van der Waals surface area (Å²) in [4.78, 5) is 23.8. The summed E-state index contributed by atoms with van der Waals surface area (Å²) < 4.78 is 0. The van der Waals surface area contributed by atoms with E-state index in [2.05, 4.69) is 0 Å². The first-order valence-corrected chi connectivity index (χ1v) is 5.17. The van der Waals surface area contributed by atoms with E-state index in [1.54, 1.807) is 13.8 Å². The Hall–Kier alpha value is -1.26. The quantitative estimate of drug-likeness (QED) is 0.720. The fourth-order valence-corrected chi connectivity index (χ4v) is 2.09. The second-order valence-electron chi connectivity index (χ2n) is 4.57. The second kappa shape index (κ2) is 4.08. The maximum absolute atomic E-state index is 11.2. The summed E-state index contributed by atoms with van der Waals surface area (Å²) >= 11 is 0. The molecule has 1 saturated heterocycles. The van der Waals surface area contributed by atoms with E-state index in [4.69, 9.17) is 10.8 Å². The van der Waals surface area contributed by atoms with Crippen molar-refractivity contribution in [1.82, 2.24) is 4.90 Å². The van der Waals surface area contributed by atoms with Crippen molar-refractivity contribution in [2.45, 2.75) is 39.2 Å². The smallest absolute Gasteiger partial charge is 0.315 e. The summed E-state index contributed by atoms with van der Waals surface area (Å²) in [5, 5.41) is 9.11. The van der Waals surface area contributed by atoms with E-state index in [0.29, 0.717) is 13.0 Å². The van der Waals surface area contributed by atoms with E-state index in [9.17, 15) is 9.59 Å². The molecule has 0 aromatic carbocycles. The SMILES string of the molecule is CC(C)(C(=O)O)C1CCCCN1C(N)=O. The molecule has 0 saturated carbocycles. The van der Waals surface area contributed by atoms with Crippen molar-refractivity contribution in [3.05, 3.63) is 0 Å².